The van der Waals surface area contributed by atoms with E-state index in [9.17, 15) is 0 Å². The van der Waals surface area contributed by atoms with Gasteiger partial charge in [0.2, 0.25) is 12.3 Å². The molecule has 0 unspecified atom stereocenters. The molecule has 0 bridgehead atoms. The van der Waals surface area contributed by atoms with Crippen LogP contribution in [0.1, 0.15) is 17.6 Å². The van der Waals surface area contributed by atoms with E-state index < -0.39 is 0 Å². The zero-order valence-electron chi connectivity index (χ0n) is 10.3. The smallest absolute Gasteiger partial charge is 0.223 e. The first kappa shape index (κ1) is 11.8. The normalized spacial score (nSPS) is 11.0. The van der Waals surface area contributed by atoms with Crippen LogP contribution in [0, 0.1) is 0 Å². The van der Waals surface area contributed by atoms with Gasteiger partial charge in [0, 0.05) is 4.88 Å². The van der Waals surface area contributed by atoms with E-state index in [0.717, 1.165) is 16.6 Å². The molecule has 3 rings (SSSR count). The minimum atomic E-state index is 0.257. The number of nitrogens with one attached hydrogen (secondary N) is 1. The van der Waals surface area contributed by atoms with Crippen molar-refractivity contribution >= 4 is 33.3 Å². The van der Waals surface area contributed by atoms with Gasteiger partial charge in [0.05, 0.1) is 11.9 Å². The van der Waals surface area contributed by atoms with E-state index in [-0.39, 0.29) is 5.95 Å². The first-order valence-corrected chi connectivity index (χ1v) is 6.63. The van der Waals surface area contributed by atoms with Crippen LogP contribution in [-0.4, -0.2) is 20.1 Å². The number of hydrogen-bond acceptors (Lipinski definition) is 8. The molecule has 0 aliphatic carbocycles. The van der Waals surface area contributed by atoms with Gasteiger partial charge in [-0.3, -0.25) is 0 Å². The summed E-state index contributed by atoms with van der Waals surface area (Å²) in [5.41, 5.74) is 5.72. The lowest BCUT2D eigenvalue weighted by Crippen LogP contribution is -2.05. The number of rotatable bonds is 4. The molecule has 3 aromatic heterocycles. The molecular weight excluding hydrogens is 264 g/mol. The largest absolute Gasteiger partial charge is 0.368 e. The highest BCUT2D eigenvalue weighted by Crippen LogP contribution is 2.29. The van der Waals surface area contributed by atoms with Crippen molar-refractivity contribution in [1.82, 2.24) is 20.1 Å². The van der Waals surface area contributed by atoms with E-state index in [1.165, 1.54) is 11.3 Å². The number of aromatic nitrogens is 4. The molecule has 98 valence electrons. The summed E-state index contributed by atoms with van der Waals surface area (Å²) in [7, 11) is 0. The molecule has 0 spiro atoms. The zero-order chi connectivity index (χ0) is 13.2. The lowest BCUT2D eigenvalue weighted by Gasteiger charge is -2.04. The first-order valence-electron chi connectivity index (χ1n) is 5.81. The molecule has 0 atom stereocenters. The van der Waals surface area contributed by atoms with Crippen molar-refractivity contribution in [3.05, 3.63) is 23.2 Å². The highest BCUT2D eigenvalue weighted by atomic mass is 32.1. The molecule has 3 heterocycles. The van der Waals surface area contributed by atoms with E-state index in [1.54, 1.807) is 11.3 Å². The van der Waals surface area contributed by atoms with Crippen LogP contribution in [0.15, 0.2) is 17.0 Å². The van der Waals surface area contributed by atoms with Gasteiger partial charge in [-0.2, -0.15) is 9.97 Å². The van der Waals surface area contributed by atoms with E-state index in [0.29, 0.717) is 18.2 Å². The Morgan fingerprint density at radius 2 is 2.32 bits per heavy atom. The Morgan fingerprint density at radius 1 is 1.42 bits per heavy atom. The van der Waals surface area contributed by atoms with Crippen LogP contribution in [-0.2, 0) is 13.0 Å². The Bertz CT molecular complexity index is 693. The van der Waals surface area contributed by atoms with Gasteiger partial charge in [-0.1, -0.05) is 12.1 Å². The number of thiophene rings is 1. The maximum atomic E-state index is 5.72. The molecule has 3 aromatic rings. The monoisotopic (exact) mass is 276 g/mol. The minimum absolute atomic E-state index is 0.257. The van der Waals surface area contributed by atoms with E-state index in [1.807, 2.05) is 0 Å². The fourth-order valence-electron chi connectivity index (χ4n) is 1.73. The van der Waals surface area contributed by atoms with Crippen molar-refractivity contribution in [2.75, 3.05) is 11.1 Å². The standard InChI is InChI=1S/C11H12N6OS/c1-2-6-3-7-9(13-4-8-14-5-18-17-8)15-11(12)16-10(7)19-6/h3,5H,2,4H2,1H3,(H3,12,13,15,16). The molecule has 0 aliphatic rings. The second-order valence-corrected chi connectivity index (χ2v) is 5.03. The van der Waals surface area contributed by atoms with Gasteiger partial charge < -0.3 is 15.6 Å². The van der Waals surface area contributed by atoms with Crippen LogP contribution >= 0.6 is 11.3 Å². The highest BCUT2D eigenvalue weighted by Gasteiger charge is 2.10. The summed E-state index contributed by atoms with van der Waals surface area (Å²) in [5, 5.41) is 7.87. The van der Waals surface area contributed by atoms with Crippen LogP contribution in [0.5, 0.6) is 0 Å². The number of nitrogens with two attached hydrogens (primary N) is 1. The van der Waals surface area contributed by atoms with Crippen molar-refractivity contribution in [3.8, 4) is 0 Å². The van der Waals surface area contributed by atoms with Crippen LogP contribution in [0.4, 0.5) is 11.8 Å². The Hall–Kier alpha value is -2.22. The summed E-state index contributed by atoms with van der Waals surface area (Å²) < 4.78 is 4.68. The molecule has 0 saturated carbocycles. The quantitative estimate of drug-likeness (QED) is 0.749. The molecule has 0 fully saturated rings. The van der Waals surface area contributed by atoms with E-state index in [2.05, 4.69) is 42.9 Å². The summed E-state index contributed by atoms with van der Waals surface area (Å²) >= 11 is 1.63. The number of fused-ring (bicyclic) bond motifs is 1. The fourth-order valence-corrected chi connectivity index (χ4v) is 2.70. The fraction of sp³-hybridized carbons (Fsp3) is 0.273. The van der Waals surface area contributed by atoms with Crippen molar-refractivity contribution in [3.63, 3.8) is 0 Å². The van der Waals surface area contributed by atoms with Gasteiger partial charge in [0.25, 0.3) is 0 Å². The van der Waals surface area contributed by atoms with Gasteiger partial charge >= 0.3 is 0 Å². The maximum Gasteiger partial charge on any atom is 0.223 e. The maximum absolute atomic E-state index is 5.72. The lowest BCUT2D eigenvalue weighted by atomic mass is 10.3. The third kappa shape index (κ3) is 2.34. The summed E-state index contributed by atoms with van der Waals surface area (Å²) in [5.74, 6) is 1.52. The molecule has 0 aromatic carbocycles. The summed E-state index contributed by atoms with van der Waals surface area (Å²) in [6.45, 7) is 2.53. The Morgan fingerprint density at radius 3 is 3.05 bits per heavy atom. The molecule has 0 amide bonds. The van der Waals surface area contributed by atoms with Crippen LogP contribution in [0.25, 0.3) is 10.2 Å². The van der Waals surface area contributed by atoms with Crippen molar-refractivity contribution in [2.45, 2.75) is 19.9 Å². The summed E-state index contributed by atoms with van der Waals surface area (Å²) in [6, 6.07) is 2.08. The van der Waals surface area contributed by atoms with Crippen LogP contribution in [0.2, 0.25) is 0 Å². The van der Waals surface area contributed by atoms with Crippen molar-refractivity contribution in [2.24, 2.45) is 0 Å². The van der Waals surface area contributed by atoms with Crippen molar-refractivity contribution < 1.29 is 4.52 Å². The average molecular weight is 276 g/mol. The number of anilines is 2. The van der Waals surface area contributed by atoms with Crippen LogP contribution in [0.3, 0.4) is 0 Å². The number of hydrogen-bond donors (Lipinski definition) is 2. The highest BCUT2D eigenvalue weighted by molar-refractivity contribution is 7.18. The molecule has 0 radical (unpaired) electrons. The first-order chi connectivity index (χ1) is 9.26. The SMILES string of the molecule is CCc1cc2c(NCc3ncon3)nc(N)nc2s1. The molecule has 3 N–H and O–H groups in total. The van der Waals surface area contributed by atoms with Gasteiger partial charge in [-0.05, 0) is 12.5 Å². The molecule has 0 aliphatic heterocycles. The predicted octanol–water partition coefficient (Wildman–Crippen LogP) is 1.83. The lowest BCUT2D eigenvalue weighted by molar-refractivity contribution is 0.411. The van der Waals surface area contributed by atoms with Gasteiger partial charge in [0.15, 0.2) is 5.82 Å². The van der Waals surface area contributed by atoms with Crippen molar-refractivity contribution in [1.29, 1.82) is 0 Å². The number of nitrogens with zero attached hydrogens (tertiary/aromatic N) is 4. The third-order valence-electron chi connectivity index (χ3n) is 2.63. The third-order valence-corrected chi connectivity index (χ3v) is 3.80. The number of nitrogen functional groups attached to an aromatic ring is 1. The second kappa shape index (κ2) is 4.81. The van der Waals surface area contributed by atoms with Gasteiger partial charge in [-0.25, -0.2) is 4.98 Å². The molecule has 8 heteroatoms. The molecule has 19 heavy (non-hydrogen) atoms. The minimum Gasteiger partial charge on any atom is -0.368 e. The van der Waals surface area contributed by atoms with Gasteiger partial charge in [-0.15, -0.1) is 11.3 Å². The summed E-state index contributed by atoms with van der Waals surface area (Å²) in [6.07, 6.45) is 2.26. The van der Waals surface area contributed by atoms with Crippen LogP contribution < -0.4 is 11.1 Å². The Balaban J connectivity index is 1.94. The average Bonchev–Trinajstić information content (AvgIpc) is 3.04. The molecular formula is C11H12N6OS. The number of aryl methyl sites for hydroxylation is 1. The van der Waals surface area contributed by atoms with Gasteiger partial charge in [0.1, 0.15) is 10.6 Å². The topological polar surface area (TPSA) is 103 Å². The predicted molar refractivity (Wildman–Crippen MR) is 72.8 cm³/mol. The van der Waals surface area contributed by atoms with E-state index >= 15 is 0 Å². The second-order valence-electron chi connectivity index (χ2n) is 3.92. The van der Waals surface area contributed by atoms with E-state index in [4.69, 9.17) is 5.73 Å². The molecule has 7 nitrogen and oxygen atoms in total. The molecule has 0 saturated heterocycles. The Kier molecular flexibility index (Phi) is 3.00. The summed E-state index contributed by atoms with van der Waals surface area (Å²) in [4.78, 5) is 14.5. The zero-order valence-corrected chi connectivity index (χ0v) is 11.1. The Labute approximate surface area is 112 Å².